The molecule has 0 radical (unpaired) electrons. The molecule has 0 saturated heterocycles. The molecule has 148 valence electrons. The molecule has 1 aromatic carbocycles. The van der Waals surface area contributed by atoms with Gasteiger partial charge in [0.1, 0.15) is 28.9 Å². The van der Waals surface area contributed by atoms with Gasteiger partial charge in [-0.2, -0.15) is 0 Å². The zero-order valence-corrected chi connectivity index (χ0v) is 15.3. The van der Waals surface area contributed by atoms with Crippen molar-refractivity contribution in [1.29, 1.82) is 0 Å². The van der Waals surface area contributed by atoms with Gasteiger partial charge in [0.15, 0.2) is 0 Å². The van der Waals surface area contributed by atoms with Gasteiger partial charge >= 0.3 is 5.97 Å². The van der Waals surface area contributed by atoms with Crippen LogP contribution >= 0.6 is 11.6 Å². The highest BCUT2D eigenvalue weighted by atomic mass is 35.5. The highest BCUT2D eigenvalue weighted by Gasteiger charge is 2.28. The molecule has 0 fully saturated rings. The first-order valence-electron chi connectivity index (χ1n) is 8.28. The van der Waals surface area contributed by atoms with E-state index in [1.807, 2.05) is 0 Å². The number of Topliss-reactive ketones (excluding diaryl/α,β-unsaturated/α-hetero) is 1. The van der Waals surface area contributed by atoms with E-state index < -0.39 is 60.5 Å². The molecule has 4 atom stereocenters. The van der Waals surface area contributed by atoms with E-state index in [1.54, 1.807) is 0 Å². The Labute approximate surface area is 160 Å². The first-order valence-corrected chi connectivity index (χ1v) is 8.66. The topological polar surface area (TPSA) is 145 Å². The number of halogens is 1. The molecule has 0 bridgehead atoms. The summed E-state index contributed by atoms with van der Waals surface area (Å²) < 4.78 is 5.19. The van der Waals surface area contributed by atoms with E-state index in [0.717, 1.165) is 12.1 Å². The Morgan fingerprint density at radius 2 is 1.78 bits per heavy atom. The van der Waals surface area contributed by atoms with Crippen molar-refractivity contribution in [2.75, 3.05) is 0 Å². The summed E-state index contributed by atoms with van der Waals surface area (Å²) in [6.45, 7) is 1.51. The molecule has 0 amide bonds. The number of carbonyl (C=O) groups excluding carboxylic acids is 2. The van der Waals surface area contributed by atoms with Crippen LogP contribution in [-0.4, -0.2) is 61.7 Å². The summed E-state index contributed by atoms with van der Waals surface area (Å²) in [5.41, 5.74) is -0.527. The third kappa shape index (κ3) is 5.20. The van der Waals surface area contributed by atoms with Crippen molar-refractivity contribution in [3.05, 3.63) is 34.4 Å². The Balaban J connectivity index is 2.49. The van der Waals surface area contributed by atoms with E-state index in [9.17, 15) is 35.1 Å². The van der Waals surface area contributed by atoms with Gasteiger partial charge in [-0.05, 0) is 6.92 Å². The molecular formula is C18H21ClO8. The van der Waals surface area contributed by atoms with Gasteiger partial charge in [-0.15, -0.1) is 0 Å². The van der Waals surface area contributed by atoms with Crippen LogP contribution in [0.25, 0.3) is 0 Å². The number of aliphatic hydroxyl groups excluding tert-OH is 3. The molecule has 0 unspecified atom stereocenters. The lowest BCUT2D eigenvalue weighted by Crippen LogP contribution is -2.29. The normalized spacial score (nSPS) is 27.6. The number of phenolic OH excluding ortho intramolecular Hbond substituents is 2. The summed E-state index contributed by atoms with van der Waals surface area (Å²) in [4.78, 5) is 24.7. The standard InChI is InChI=1S/C18H21ClO8/c1-8-4-9(20)2-3-12(22)13(23)6-10(21)5-11-16(18(26)27-8)14(24)7-15(25)17(11)19/h2-3,7-9,12-13,20,22-25H,4-6H2,1H3/t8-,9+,12+,13-/m1/s1. The van der Waals surface area contributed by atoms with Crippen molar-refractivity contribution in [3.8, 4) is 11.5 Å². The minimum absolute atomic E-state index is 0.00804. The molecule has 8 nitrogen and oxygen atoms in total. The summed E-state index contributed by atoms with van der Waals surface area (Å²) in [5.74, 6) is -2.72. The number of aromatic hydroxyl groups is 2. The van der Waals surface area contributed by atoms with Crippen molar-refractivity contribution in [1.82, 2.24) is 0 Å². The van der Waals surface area contributed by atoms with Crippen molar-refractivity contribution < 1.29 is 39.9 Å². The third-order valence-electron chi connectivity index (χ3n) is 4.14. The molecule has 2 rings (SSSR count). The number of aliphatic hydroxyl groups is 3. The Hall–Kier alpha value is -2.13. The Kier molecular flexibility index (Phi) is 6.83. The van der Waals surface area contributed by atoms with Gasteiger partial charge in [0.05, 0.1) is 23.3 Å². The fourth-order valence-electron chi connectivity index (χ4n) is 2.78. The van der Waals surface area contributed by atoms with Gasteiger partial charge in [0.25, 0.3) is 0 Å². The lowest BCUT2D eigenvalue weighted by atomic mass is 9.96. The molecule has 0 aromatic heterocycles. The van der Waals surface area contributed by atoms with Gasteiger partial charge in [0, 0.05) is 30.9 Å². The lowest BCUT2D eigenvalue weighted by Gasteiger charge is -2.20. The molecule has 27 heavy (non-hydrogen) atoms. The number of carbonyl (C=O) groups is 2. The predicted octanol–water partition coefficient (Wildman–Crippen LogP) is 0.841. The quantitative estimate of drug-likeness (QED) is 0.318. The molecule has 0 spiro atoms. The number of rotatable bonds is 0. The number of benzene rings is 1. The second-order valence-corrected chi connectivity index (χ2v) is 6.84. The molecule has 1 heterocycles. The number of ether oxygens (including phenoxy) is 1. The van der Waals surface area contributed by atoms with Crippen molar-refractivity contribution in [2.24, 2.45) is 0 Å². The van der Waals surface area contributed by atoms with Crippen LogP contribution in [0, 0.1) is 0 Å². The predicted molar refractivity (Wildman–Crippen MR) is 94.8 cm³/mol. The van der Waals surface area contributed by atoms with Crippen molar-refractivity contribution >= 4 is 23.4 Å². The van der Waals surface area contributed by atoms with Crippen LogP contribution in [0.15, 0.2) is 18.2 Å². The fraction of sp³-hybridized carbons (Fsp3) is 0.444. The number of esters is 1. The molecule has 1 aliphatic heterocycles. The van der Waals surface area contributed by atoms with Gasteiger partial charge in [-0.1, -0.05) is 23.8 Å². The van der Waals surface area contributed by atoms with E-state index in [0.29, 0.717) is 0 Å². The second kappa shape index (κ2) is 8.71. The van der Waals surface area contributed by atoms with Crippen LogP contribution in [0.1, 0.15) is 35.7 Å². The molecule has 1 aliphatic rings. The van der Waals surface area contributed by atoms with Crippen LogP contribution in [0.4, 0.5) is 0 Å². The maximum atomic E-state index is 12.5. The van der Waals surface area contributed by atoms with E-state index in [2.05, 4.69) is 0 Å². The molecule has 0 aliphatic carbocycles. The number of ketones is 1. The average molecular weight is 401 g/mol. The zero-order valence-electron chi connectivity index (χ0n) is 14.5. The maximum Gasteiger partial charge on any atom is 0.342 e. The first-order chi connectivity index (χ1) is 12.6. The highest BCUT2D eigenvalue weighted by molar-refractivity contribution is 6.33. The molecule has 5 N–H and O–H groups in total. The SMILES string of the molecule is C[C@@H]1C[C@@H](O)C=C[C@H](O)[C@H](O)CC(=O)Cc2c(Cl)c(O)cc(O)c2C(=O)O1. The van der Waals surface area contributed by atoms with Crippen LogP contribution in [0.5, 0.6) is 11.5 Å². The number of hydrogen-bond donors (Lipinski definition) is 5. The Bertz CT molecular complexity index is 760. The highest BCUT2D eigenvalue weighted by Crippen LogP contribution is 2.37. The third-order valence-corrected chi connectivity index (χ3v) is 4.56. The smallest absolute Gasteiger partial charge is 0.342 e. The monoisotopic (exact) mass is 400 g/mol. The van der Waals surface area contributed by atoms with Gasteiger partial charge in [-0.25, -0.2) is 4.79 Å². The van der Waals surface area contributed by atoms with Gasteiger partial charge in [0.2, 0.25) is 0 Å². The Morgan fingerprint density at radius 3 is 2.44 bits per heavy atom. The minimum Gasteiger partial charge on any atom is -0.507 e. The summed E-state index contributed by atoms with van der Waals surface area (Å²) in [5, 5.41) is 49.3. The fourth-order valence-corrected chi connectivity index (χ4v) is 3.00. The first kappa shape index (κ1) is 21.2. The number of cyclic esters (lactones) is 1. The van der Waals surface area contributed by atoms with E-state index in [-0.39, 0.29) is 22.6 Å². The van der Waals surface area contributed by atoms with Crippen LogP contribution < -0.4 is 0 Å². The number of fused-ring (bicyclic) bond motifs is 1. The van der Waals surface area contributed by atoms with Crippen LogP contribution in [-0.2, 0) is 16.0 Å². The van der Waals surface area contributed by atoms with E-state index >= 15 is 0 Å². The molecular weight excluding hydrogens is 380 g/mol. The van der Waals surface area contributed by atoms with Crippen molar-refractivity contribution in [2.45, 2.75) is 50.6 Å². The minimum atomic E-state index is -1.44. The molecule has 9 heteroatoms. The summed E-state index contributed by atoms with van der Waals surface area (Å²) in [6.07, 6.45) is -3.27. The van der Waals surface area contributed by atoms with Crippen LogP contribution in [0.2, 0.25) is 5.02 Å². The maximum absolute atomic E-state index is 12.5. The Morgan fingerprint density at radius 1 is 1.11 bits per heavy atom. The van der Waals surface area contributed by atoms with Crippen LogP contribution in [0.3, 0.4) is 0 Å². The van der Waals surface area contributed by atoms with E-state index in [1.165, 1.54) is 13.0 Å². The summed E-state index contributed by atoms with van der Waals surface area (Å²) in [6, 6.07) is 0.858. The molecule has 1 aromatic rings. The largest absolute Gasteiger partial charge is 0.507 e. The summed E-state index contributed by atoms with van der Waals surface area (Å²) in [7, 11) is 0. The van der Waals surface area contributed by atoms with E-state index in [4.69, 9.17) is 16.3 Å². The van der Waals surface area contributed by atoms with Gasteiger partial charge in [-0.3, -0.25) is 4.79 Å². The number of phenols is 2. The average Bonchev–Trinajstić information content (AvgIpc) is 2.56. The lowest BCUT2D eigenvalue weighted by molar-refractivity contribution is -0.121. The summed E-state index contributed by atoms with van der Waals surface area (Å²) >= 11 is 6.01. The second-order valence-electron chi connectivity index (χ2n) is 6.46. The molecule has 0 saturated carbocycles. The van der Waals surface area contributed by atoms with Gasteiger partial charge < -0.3 is 30.3 Å². The van der Waals surface area contributed by atoms with Crippen molar-refractivity contribution in [3.63, 3.8) is 0 Å². The zero-order chi connectivity index (χ0) is 20.3. The number of hydrogen-bond acceptors (Lipinski definition) is 8.